The zero-order valence-electron chi connectivity index (χ0n) is 17.9. The lowest BCUT2D eigenvalue weighted by atomic mass is 9.79. The van der Waals surface area contributed by atoms with Crippen LogP contribution in [0.3, 0.4) is 0 Å². The van der Waals surface area contributed by atoms with Gasteiger partial charge in [0, 0.05) is 46.9 Å². The zero-order valence-corrected chi connectivity index (χ0v) is 17.9. The van der Waals surface area contributed by atoms with E-state index in [4.69, 9.17) is 0 Å². The van der Waals surface area contributed by atoms with Crippen LogP contribution in [-0.2, 0) is 0 Å². The van der Waals surface area contributed by atoms with Crippen molar-refractivity contribution >= 4 is 0 Å². The van der Waals surface area contributed by atoms with Crippen molar-refractivity contribution in [1.29, 1.82) is 0 Å². The fraction of sp³-hybridized carbons (Fsp3) is 0.143. The maximum Gasteiger partial charge on any atom is 0.123 e. The summed E-state index contributed by atoms with van der Waals surface area (Å²) in [7, 11) is 0. The summed E-state index contributed by atoms with van der Waals surface area (Å²) in [5, 5.41) is 62.4. The lowest BCUT2D eigenvalue weighted by molar-refractivity contribution is 0.443. The monoisotopic (exact) mass is 454 g/mol. The van der Waals surface area contributed by atoms with Crippen LogP contribution in [0.2, 0.25) is 0 Å². The van der Waals surface area contributed by atoms with Crippen molar-refractivity contribution in [1.82, 2.24) is 0 Å². The first-order chi connectivity index (χ1) is 16.3. The van der Waals surface area contributed by atoms with Gasteiger partial charge in [0.25, 0.3) is 0 Å². The minimum absolute atomic E-state index is 0.0298. The molecule has 0 saturated heterocycles. The number of benzene rings is 4. The third-order valence-corrected chi connectivity index (χ3v) is 7.30. The van der Waals surface area contributed by atoms with Crippen LogP contribution < -0.4 is 0 Å². The Bertz CT molecular complexity index is 1310. The number of hydrogen-bond donors (Lipinski definition) is 6. The molecule has 4 aromatic carbocycles. The van der Waals surface area contributed by atoms with Gasteiger partial charge in [-0.15, -0.1) is 0 Å². The molecule has 0 spiro atoms. The largest absolute Gasteiger partial charge is 0.508 e. The second kappa shape index (κ2) is 7.09. The fourth-order valence-electron chi connectivity index (χ4n) is 6.15. The Morgan fingerprint density at radius 2 is 0.765 bits per heavy atom. The molecule has 0 fully saturated rings. The molecule has 0 aliphatic heterocycles. The van der Waals surface area contributed by atoms with Crippen molar-refractivity contribution in [3.8, 4) is 34.5 Å². The van der Waals surface area contributed by atoms with E-state index in [0.29, 0.717) is 11.1 Å². The number of fused-ring (bicyclic) bond motifs is 5. The quantitative estimate of drug-likeness (QED) is 0.251. The minimum atomic E-state index is -0.344. The first-order valence-corrected chi connectivity index (χ1v) is 11.0. The maximum absolute atomic E-state index is 11.0. The molecule has 4 atom stereocenters. The second-order valence-electron chi connectivity index (χ2n) is 9.13. The first-order valence-electron chi connectivity index (χ1n) is 11.0. The van der Waals surface area contributed by atoms with E-state index in [-0.39, 0.29) is 58.2 Å². The van der Waals surface area contributed by atoms with Gasteiger partial charge in [-0.2, -0.15) is 0 Å². The standard InChI is InChI=1S/C28H22O6/c29-15-5-1-13(2-6-15)23-25-19(9-17(31)11-21(25)33)28-24(14-3-7-16(30)8-4-14)26-20(27(23)28)10-18(32)12-22(26)34/h1-12,23-24,27-34H/t23-,24-,27+,28+/m1/s1. The van der Waals surface area contributed by atoms with Gasteiger partial charge in [0.15, 0.2) is 0 Å². The smallest absolute Gasteiger partial charge is 0.123 e. The topological polar surface area (TPSA) is 121 Å². The van der Waals surface area contributed by atoms with Crippen molar-refractivity contribution in [2.45, 2.75) is 23.7 Å². The van der Waals surface area contributed by atoms with E-state index in [1.54, 1.807) is 60.7 Å². The molecule has 0 radical (unpaired) electrons. The summed E-state index contributed by atoms with van der Waals surface area (Å²) in [6.45, 7) is 0. The summed E-state index contributed by atoms with van der Waals surface area (Å²) in [4.78, 5) is 0. The average molecular weight is 454 g/mol. The zero-order chi connectivity index (χ0) is 23.7. The molecule has 4 aromatic rings. The van der Waals surface area contributed by atoms with Gasteiger partial charge < -0.3 is 30.6 Å². The molecule has 6 N–H and O–H groups in total. The summed E-state index contributed by atoms with van der Waals surface area (Å²) < 4.78 is 0. The summed E-state index contributed by atoms with van der Waals surface area (Å²) in [5.74, 6) is -1.15. The third-order valence-electron chi connectivity index (χ3n) is 7.30. The summed E-state index contributed by atoms with van der Waals surface area (Å²) in [6, 6.07) is 19.5. The lowest BCUT2D eigenvalue weighted by Crippen LogP contribution is -2.10. The Morgan fingerprint density at radius 3 is 1.12 bits per heavy atom. The van der Waals surface area contributed by atoms with Crippen LogP contribution in [0.1, 0.15) is 57.1 Å². The van der Waals surface area contributed by atoms with Crippen molar-refractivity contribution < 1.29 is 30.6 Å². The molecule has 0 amide bonds. The van der Waals surface area contributed by atoms with Crippen molar-refractivity contribution in [3.63, 3.8) is 0 Å². The van der Waals surface area contributed by atoms with Crippen molar-refractivity contribution in [2.24, 2.45) is 0 Å². The van der Waals surface area contributed by atoms with Gasteiger partial charge in [0.1, 0.15) is 34.5 Å². The summed E-state index contributed by atoms with van der Waals surface area (Å²) in [6.07, 6.45) is 0. The Kier molecular flexibility index (Phi) is 4.23. The van der Waals surface area contributed by atoms with Crippen LogP contribution >= 0.6 is 0 Å². The number of aromatic hydroxyl groups is 6. The molecule has 0 bridgehead atoms. The molecular formula is C28H22O6. The van der Waals surface area contributed by atoms with E-state index in [1.165, 1.54) is 12.1 Å². The van der Waals surface area contributed by atoms with E-state index < -0.39 is 0 Å². The van der Waals surface area contributed by atoms with Gasteiger partial charge in [-0.1, -0.05) is 24.3 Å². The molecule has 2 aliphatic rings. The highest BCUT2D eigenvalue weighted by Gasteiger charge is 2.54. The van der Waals surface area contributed by atoms with E-state index >= 15 is 0 Å². The molecular weight excluding hydrogens is 432 g/mol. The van der Waals surface area contributed by atoms with E-state index in [2.05, 4.69) is 0 Å². The van der Waals surface area contributed by atoms with E-state index in [0.717, 1.165) is 22.3 Å². The number of phenolic OH excluding ortho intramolecular Hbond substituents is 6. The van der Waals surface area contributed by atoms with Gasteiger partial charge in [-0.25, -0.2) is 0 Å². The van der Waals surface area contributed by atoms with Crippen LogP contribution in [0.15, 0.2) is 72.8 Å². The normalized spacial score (nSPS) is 22.2. The SMILES string of the molecule is Oc1ccc([C@@H]2c3c(O)cc(O)cc3[C@H]3[C@H](c4ccc(O)cc4)c4c(O)cc(O)cc4[C@@H]23)cc1. The average Bonchev–Trinajstić information content (AvgIpc) is 3.29. The van der Waals surface area contributed by atoms with Gasteiger partial charge in [0.2, 0.25) is 0 Å². The number of rotatable bonds is 2. The molecule has 2 aliphatic carbocycles. The molecule has 0 aromatic heterocycles. The fourth-order valence-corrected chi connectivity index (χ4v) is 6.15. The summed E-state index contributed by atoms with van der Waals surface area (Å²) >= 11 is 0. The third kappa shape index (κ3) is 2.81. The second-order valence-corrected chi connectivity index (χ2v) is 9.13. The molecule has 6 heteroatoms. The molecule has 0 saturated carbocycles. The predicted molar refractivity (Wildman–Crippen MR) is 125 cm³/mol. The van der Waals surface area contributed by atoms with Crippen LogP contribution in [0.5, 0.6) is 34.5 Å². The number of phenols is 6. The minimum Gasteiger partial charge on any atom is -0.508 e. The molecule has 6 rings (SSSR count). The van der Waals surface area contributed by atoms with Gasteiger partial charge in [0.05, 0.1) is 0 Å². The van der Waals surface area contributed by atoms with Gasteiger partial charge in [-0.3, -0.25) is 0 Å². The van der Waals surface area contributed by atoms with Crippen LogP contribution in [-0.4, -0.2) is 30.6 Å². The van der Waals surface area contributed by atoms with Crippen LogP contribution in [0, 0.1) is 0 Å². The molecule has 0 unspecified atom stereocenters. The highest BCUT2D eigenvalue weighted by molar-refractivity contribution is 5.68. The van der Waals surface area contributed by atoms with Crippen molar-refractivity contribution in [3.05, 3.63) is 106 Å². The van der Waals surface area contributed by atoms with Crippen molar-refractivity contribution in [2.75, 3.05) is 0 Å². The van der Waals surface area contributed by atoms with Crippen LogP contribution in [0.4, 0.5) is 0 Å². The number of hydrogen-bond acceptors (Lipinski definition) is 6. The maximum atomic E-state index is 11.0. The Labute approximate surface area is 195 Å². The van der Waals surface area contributed by atoms with E-state index in [9.17, 15) is 30.6 Å². The molecule has 0 heterocycles. The highest BCUT2D eigenvalue weighted by Crippen LogP contribution is 2.69. The van der Waals surface area contributed by atoms with Gasteiger partial charge >= 0.3 is 0 Å². The lowest BCUT2D eigenvalue weighted by Gasteiger charge is -2.23. The first kappa shape index (κ1) is 20.3. The summed E-state index contributed by atoms with van der Waals surface area (Å²) in [5.41, 5.74) is 4.58. The van der Waals surface area contributed by atoms with E-state index in [1.807, 2.05) is 0 Å². The van der Waals surface area contributed by atoms with Gasteiger partial charge in [-0.05, 0) is 58.7 Å². The Hall–Kier alpha value is -4.32. The van der Waals surface area contributed by atoms with Crippen LogP contribution in [0.25, 0.3) is 0 Å². The highest BCUT2D eigenvalue weighted by atomic mass is 16.3. The molecule has 6 nitrogen and oxygen atoms in total. The molecule has 34 heavy (non-hydrogen) atoms. The molecule has 170 valence electrons. The Balaban J connectivity index is 1.67. The predicted octanol–water partition coefficient (Wildman–Crippen LogP) is 5.08. The Morgan fingerprint density at radius 1 is 0.412 bits per heavy atom.